The molecule has 0 bridgehead atoms. The molecule has 1 saturated carbocycles. The third kappa shape index (κ3) is 2.20. The van der Waals surface area contributed by atoms with Crippen molar-refractivity contribution in [2.45, 2.75) is 44.8 Å². The molecule has 6 heteroatoms. The number of rotatable bonds is 4. The molecule has 1 atom stereocenters. The number of para-hydroxylation sites is 2. The van der Waals surface area contributed by atoms with Crippen LogP contribution >= 0.6 is 0 Å². The summed E-state index contributed by atoms with van der Waals surface area (Å²) in [5, 5.41) is 18.3. The second-order valence-electron chi connectivity index (χ2n) is 5.88. The summed E-state index contributed by atoms with van der Waals surface area (Å²) in [6, 6.07) is 7.82. The number of hydrogen-bond acceptors (Lipinski definition) is 5. The molecule has 1 fully saturated rings. The summed E-state index contributed by atoms with van der Waals surface area (Å²) >= 11 is 0. The van der Waals surface area contributed by atoms with Crippen LogP contribution in [0.25, 0.3) is 11.0 Å². The van der Waals surface area contributed by atoms with Gasteiger partial charge in [0.15, 0.2) is 0 Å². The molecule has 0 amide bonds. The van der Waals surface area contributed by atoms with E-state index in [0.29, 0.717) is 24.2 Å². The van der Waals surface area contributed by atoms with Crippen LogP contribution in [0.5, 0.6) is 0 Å². The molecule has 1 unspecified atom stereocenters. The van der Waals surface area contributed by atoms with E-state index >= 15 is 0 Å². The molecule has 2 aromatic heterocycles. The molecule has 2 heterocycles. The van der Waals surface area contributed by atoms with E-state index < -0.39 is 6.10 Å². The molecule has 6 nitrogen and oxygen atoms in total. The van der Waals surface area contributed by atoms with Gasteiger partial charge in [-0.05, 0) is 31.9 Å². The SMILES string of the molecule is CC(O)c1nc2ccccc2n1Cc1nnc(C2CCC2)o1. The van der Waals surface area contributed by atoms with Gasteiger partial charge in [0.25, 0.3) is 0 Å². The van der Waals surface area contributed by atoms with Crippen molar-refractivity contribution in [3.05, 3.63) is 41.9 Å². The van der Waals surface area contributed by atoms with Crippen molar-refractivity contribution in [3.63, 3.8) is 0 Å². The van der Waals surface area contributed by atoms with Gasteiger partial charge in [-0.2, -0.15) is 0 Å². The fourth-order valence-electron chi connectivity index (χ4n) is 2.87. The van der Waals surface area contributed by atoms with Gasteiger partial charge >= 0.3 is 0 Å². The molecular formula is C16H18N4O2. The maximum Gasteiger partial charge on any atom is 0.236 e. The lowest BCUT2D eigenvalue weighted by atomic mass is 9.85. The number of hydrogen-bond donors (Lipinski definition) is 1. The van der Waals surface area contributed by atoms with Crippen LogP contribution in [-0.2, 0) is 6.54 Å². The van der Waals surface area contributed by atoms with E-state index in [2.05, 4.69) is 15.2 Å². The third-order valence-electron chi connectivity index (χ3n) is 4.29. The van der Waals surface area contributed by atoms with Gasteiger partial charge < -0.3 is 14.1 Å². The minimum absolute atomic E-state index is 0.428. The summed E-state index contributed by atoms with van der Waals surface area (Å²) in [5.41, 5.74) is 1.82. The van der Waals surface area contributed by atoms with Crippen molar-refractivity contribution in [2.75, 3.05) is 0 Å². The van der Waals surface area contributed by atoms with E-state index in [1.54, 1.807) is 6.92 Å². The molecule has 1 aliphatic rings. The standard InChI is InChI=1S/C16H18N4O2/c1-10(21)15-17-12-7-2-3-8-13(12)20(15)9-14-18-19-16(22-14)11-5-4-6-11/h2-3,7-8,10-11,21H,4-6,9H2,1H3. The number of fused-ring (bicyclic) bond motifs is 1. The van der Waals surface area contributed by atoms with Gasteiger partial charge in [-0.15, -0.1) is 10.2 Å². The lowest BCUT2D eigenvalue weighted by Crippen LogP contribution is -2.09. The third-order valence-corrected chi connectivity index (χ3v) is 4.29. The number of imidazole rings is 1. The van der Waals surface area contributed by atoms with Crippen LogP contribution in [0.2, 0.25) is 0 Å². The summed E-state index contributed by atoms with van der Waals surface area (Å²) < 4.78 is 7.73. The van der Waals surface area contributed by atoms with Gasteiger partial charge in [-0.1, -0.05) is 18.6 Å². The van der Waals surface area contributed by atoms with E-state index in [1.165, 1.54) is 6.42 Å². The van der Waals surface area contributed by atoms with Crippen molar-refractivity contribution in [1.29, 1.82) is 0 Å². The highest BCUT2D eigenvalue weighted by Gasteiger charge is 2.25. The Kier molecular flexibility index (Phi) is 3.18. The second kappa shape index (κ2) is 5.21. The average molecular weight is 298 g/mol. The van der Waals surface area contributed by atoms with Crippen LogP contribution in [0.15, 0.2) is 28.7 Å². The van der Waals surface area contributed by atoms with Gasteiger partial charge in [-0.25, -0.2) is 4.98 Å². The van der Waals surface area contributed by atoms with Crippen molar-refractivity contribution in [1.82, 2.24) is 19.7 Å². The van der Waals surface area contributed by atoms with Crippen LogP contribution in [0.4, 0.5) is 0 Å². The van der Waals surface area contributed by atoms with Crippen LogP contribution in [-0.4, -0.2) is 24.9 Å². The van der Waals surface area contributed by atoms with Crippen LogP contribution < -0.4 is 0 Å². The zero-order valence-electron chi connectivity index (χ0n) is 12.4. The molecule has 22 heavy (non-hydrogen) atoms. The summed E-state index contributed by atoms with van der Waals surface area (Å²) in [6.07, 6.45) is 2.85. The molecule has 4 rings (SSSR count). The first kappa shape index (κ1) is 13.5. The minimum atomic E-state index is -0.651. The molecule has 0 spiro atoms. The summed E-state index contributed by atoms with van der Waals surface area (Å²) in [5.74, 6) is 2.35. The summed E-state index contributed by atoms with van der Waals surface area (Å²) in [4.78, 5) is 4.50. The molecule has 3 aromatic rings. The predicted octanol–water partition coefficient (Wildman–Crippen LogP) is 2.79. The van der Waals surface area contributed by atoms with E-state index in [-0.39, 0.29) is 0 Å². The van der Waals surface area contributed by atoms with Gasteiger partial charge in [0.05, 0.1) is 11.0 Å². The van der Waals surface area contributed by atoms with E-state index in [1.807, 2.05) is 28.8 Å². The summed E-state index contributed by atoms with van der Waals surface area (Å²) in [7, 11) is 0. The molecule has 0 radical (unpaired) electrons. The number of aliphatic hydroxyl groups excluding tert-OH is 1. The molecule has 114 valence electrons. The Hall–Kier alpha value is -2.21. The fourth-order valence-corrected chi connectivity index (χ4v) is 2.87. The molecule has 1 aromatic carbocycles. The van der Waals surface area contributed by atoms with Crippen LogP contribution in [0.3, 0.4) is 0 Å². The van der Waals surface area contributed by atoms with Gasteiger partial charge in [0.2, 0.25) is 11.8 Å². The first-order valence-corrected chi connectivity index (χ1v) is 7.68. The Bertz CT molecular complexity index is 801. The first-order valence-electron chi connectivity index (χ1n) is 7.68. The number of aromatic nitrogens is 4. The molecule has 1 aliphatic carbocycles. The quantitative estimate of drug-likeness (QED) is 0.801. The predicted molar refractivity (Wildman–Crippen MR) is 80.4 cm³/mol. The summed E-state index contributed by atoms with van der Waals surface area (Å²) in [6.45, 7) is 2.14. The van der Waals surface area contributed by atoms with Crippen molar-refractivity contribution in [2.24, 2.45) is 0 Å². The minimum Gasteiger partial charge on any atom is -0.423 e. The second-order valence-corrected chi connectivity index (χ2v) is 5.88. The molecule has 0 aliphatic heterocycles. The Balaban J connectivity index is 1.70. The largest absolute Gasteiger partial charge is 0.423 e. The van der Waals surface area contributed by atoms with Gasteiger partial charge in [-0.3, -0.25) is 0 Å². The fraction of sp³-hybridized carbons (Fsp3) is 0.438. The lowest BCUT2D eigenvalue weighted by Gasteiger charge is -2.20. The van der Waals surface area contributed by atoms with Gasteiger partial charge in [0.1, 0.15) is 18.5 Å². The zero-order chi connectivity index (χ0) is 15.1. The Morgan fingerprint density at radius 1 is 1.32 bits per heavy atom. The highest BCUT2D eigenvalue weighted by atomic mass is 16.4. The maximum atomic E-state index is 9.97. The molecular weight excluding hydrogens is 280 g/mol. The smallest absolute Gasteiger partial charge is 0.236 e. The normalized spacial score (nSPS) is 16.8. The Morgan fingerprint density at radius 3 is 2.86 bits per heavy atom. The highest BCUT2D eigenvalue weighted by molar-refractivity contribution is 5.76. The Labute approximate surface area is 127 Å². The van der Waals surface area contributed by atoms with E-state index in [4.69, 9.17) is 4.42 Å². The van der Waals surface area contributed by atoms with E-state index in [0.717, 1.165) is 29.8 Å². The molecule has 1 N–H and O–H groups in total. The monoisotopic (exact) mass is 298 g/mol. The Morgan fingerprint density at radius 2 is 2.14 bits per heavy atom. The average Bonchev–Trinajstić information content (AvgIpc) is 3.03. The van der Waals surface area contributed by atoms with Crippen molar-refractivity contribution >= 4 is 11.0 Å². The molecule has 0 saturated heterocycles. The van der Waals surface area contributed by atoms with Crippen molar-refractivity contribution in [3.8, 4) is 0 Å². The van der Waals surface area contributed by atoms with Gasteiger partial charge in [0, 0.05) is 5.92 Å². The van der Waals surface area contributed by atoms with Crippen LogP contribution in [0.1, 0.15) is 55.8 Å². The highest BCUT2D eigenvalue weighted by Crippen LogP contribution is 2.35. The number of aliphatic hydroxyl groups is 1. The lowest BCUT2D eigenvalue weighted by molar-refractivity contribution is 0.184. The maximum absolute atomic E-state index is 9.97. The first-order chi connectivity index (χ1) is 10.7. The van der Waals surface area contributed by atoms with E-state index in [9.17, 15) is 5.11 Å². The number of nitrogens with zero attached hydrogens (tertiary/aromatic N) is 4. The zero-order valence-corrected chi connectivity index (χ0v) is 12.4. The van der Waals surface area contributed by atoms with Crippen molar-refractivity contribution < 1.29 is 9.52 Å². The number of benzene rings is 1. The topological polar surface area (TPSA) is 77.0 Å². The van der Waals surface area contributed by atoms with Crippen LogP contribution in [0, 0.1) is 0 Å².